The first-order valence-electron chi connectivity index (χ1n) is 10.6. The lowest BCUT2D eigenvalue weighted by Gasteiger charge is -2.26. The van der Waals surface area contributed by atoms with E-state index in [0.717, 1.165) is 6.42 Å². The maximum absolute atomic E-state index is 10.5. The van der Waals surface area contributed by atoms with E-state index in [4.69, 9.17) is 83.6 Å². The van der Waals surface area contributed by atoms with E-state index in [1.54, 1.807) is 12.2 Å². The highest BCUT2D eigenvalue weighted by Crippen LogP contribution is 2.32. The van der Waals surface area contributed by atoms with Crippen molar-refractivity contribution in [3.05, 3.63) is 72.9 Å². The molecular weight excluding hydrogens is 404 g/mol. The van der Waals surface area contributed by atoms with Crippen LogP contribution in [0.5, 0.6) is 0 Å². The van der Waals surface area contributed by atoms with Crippen LogP contribution in [-0.4, -0.2) is 89.5 Å². The third kappa shape index (κ3) is 17.1. The maximum atomic E-state index is 10.5. The minimum Gasteiger partial charge on any atom is -0.481 e. The van der Waals surface area contributed by atoms with Crippen molar-refractivity contribution in [2.24, 2.45) is 0 Å². The monoisotopic (exact) mass is 428 g/mol. The molecule has 0 aromatic heterocycles. The number of carbonyl (C=O) groups is 1. The van der Waals surface area contributed by atoms with Crippen LogP contribution in [-0.2, 0) is 4.79 Å². The van der Waals surface area contributed by atoms with Gasteiger partial charge >= 0.3 is 5.97 Å². The van der Waals surface area contributed by atoms with Crippen LogP contribution in [0.15, 0.2) is 72.9 Å². The van der Waals surface area contributed by atoms with Crippen molar-refractivity contribution in [2.75, 3.05) is 0 Å². The molecule has 0 saturated carbocycles. The minimum atomic E-state index is -1.50. The van der Waals surface area contributed by atoms with Crippen molar-refractivity contribution in [3.8, 4) is 0 Å². The molecule has 0 aromatic rings. The van der Waals surface area contributed by atoms with Gasteiger partial charge in [-0.05, 0) is 12.8 Å². The molecule has 1 N–H and O–H groups in total. The van der Waals surface area contributed by atoms with Gasteiger partial charge in [0.1, 0.15) is 0 Å². The molecule has 0 aliphatic carbocycles. The topological polar surface area (TPSA) is 37.3 Å². The molecule has 0 spiro atoms. The van der Waals surface area contributed by atoms with Gasteiger partial charge in [-0.15, -0.1) is 0 Å². The first-order valence-corrected chi connectivity index (χ1v) is 10.6. The van der Waals surface area contributed by atoms with E-state index in [0.29, 0.717) is 0 Å². The molecule has 0 aromatic carbocycles. The zero-order valence-corrected chi connectivity index (χ0v) is 19.7. The second kappa shape index (κ2) is 13.6. The second-order valence-corrected chi connectivity index (χ2v) is 8.48. The standard InChI is InChI=1S/C22H22B10O2/c1-2-3-7-18(23,24)9-11-20(27,28)13-15-22(31,32)16-14-21(29,30)12-10-19(25,26)8-5-4-6-17(33)34/h3,5,7-16H,2,4,6H2,1H3,(H,33,34)/b7-3-,8-5-,11-9-,12-10-,15-13-,16-14-. The van der Waals surface area contributed by atoms with Gasteiger partial charge in [0.2, 0.25) is 0 Å². The van der Waals surface area contributed by atoms with Gasteiger partial charge in [-0.1, -0.05) is 106 Å². The summed E-state index contributed by atoms with van der Waals surface area (Å²) >= 11 is 0. The van der Waals surface area contributed by atoms with Crippen molar-refractivity contribution in [1.82, 2.24) is 0 Å². The van der Waals surface area contributed by atoms with Crippen molar-refractivity contribution >= 4 is 84.4 Å². The van der Waals surface area contributed by atoms with Crippen LogP contribution in [0.25, 0.3) is 0 Å². The molecule has 0 aliphatic heterocycles. The average Bonchev–Trinajstić information content (AvgIpc) is 2.71. The Morgan fingerprint density at radius 3 is 1.09 bits per heavy atom. The van der Waals surface area contributed by atoms with Gasteiger partial charge in [0.25, 0.3) is 0 Å². The molecular formula is C22H22B10O2. The highest BCUT2D eigenvalue weighted by molar-refractivity contribution is 6.47. The number of aliphatic carboxylic acids is 1. The lowest BCUT2D eigenvalue weighted by atomic mass is 9.47. The molecule has 152 valence electrons. The Morgan fingerprint density at radius 2 is 0.824 bits per heavy atom. The fraction of sp³-hybridized carbons (Fsp3) is 0.409. The van der Waals surface area contributed by atoms with Crippen LogP contribution < -0.4 is 0 Å². The van der Waals surface area contributed by atoms with E-state index >= 15 is 0 Å². The van der Waals surface area contributed by atoms with Gasteiger partial charge in [-0.2, -0.15) is 0 Å². The summed E-state index contributed by atoms with van der Waals surface area (Å²) in [5.74, 6) is -0.928. The average molecular weight is 427 g/mol. The third-order valence-electron chi connectivity index (χ3n) is 4.22. The zero-order chi connectivity index (χ0) is 26.7. The third-order valence-corrected chi connectivity index (χ3v) is 4.22. The summed E-state index contributed by atoms with van der Waals surface area (Å²) in [6.07, 6.45) is 18.5. The molecule has 0 fully saturated rings. The van der Waals surface area contributed by atoms with Crippen LogP contribution in [0.1, 0.15) is 26.2 Å². The molecule has 0 aliphatic rings. The van der Waals surface area contributed by atoms with Gasteiger partial charge in [0.05, 0.1) is 78.5 Å². The fourth-order valence-corrected chi connectivity index (χ4v) is 2.25. The summed E-state index contributed by atoms with van der Waals surface area (Å²) in [4.78, 5) is 10.5. The number of hydrogen-bond acceptors (Lipinski definition) is 1. The molecule has 0 rings (SSSR count). The van der Waals surface area contributed by atoms with Gasteiger partial charge in [-0.3, -0.25) is 4.79 Å². The van der Waals surface area contributed by atoms with Crippen molar-refractivity contribution < 1.29 is 9.90 Å². The molecule has 2 nitrogen and oxygen atoms in total. The molecule has 0 unspecified atom stereocenters. The lowest BCUT2D eigenvalue weighted by molar-refractivity contribution is -0.136. The predicted molar refractivity (Wildman–Crippen MR) is 153 cm³/mol. The zero-order valence-electron chi connectivity index (χ0n) is 19.7. The fourth-order valence-electron chi connectivity index (χ4n) is 2.25. The van der Waals surface area contributed by atoms with Crippen LogP contribution in [0.2, 0.25) is 26.1 Å². The Morgan fingerprint density at radius 1 is 0.559 bits per heavy atom. The van der Waals surface area contributed by atoms with Crippen molar-refractivity contribution in [2.45, 2.75) is 52.3 Å². The smallest absolute Gasteiger partial charge is 0.303 e. The van der Waals surface area contributed by atoms with E-state index in [1.807, 2.05) is 13.0 Å². The summed E-state index contributed by atoms with van der Waals surface area (Å²) in [5.41, 5.74) is 0. The number of rotatable bonds is 14. The molecule has 12 heteroatoms. The SMILES string of the molecule is [B]C([B])(/C=C\CC)/C=C\C([B])([B])/C=C\C([B])([B])/C=C\C([B])([B])/C=C\C([B])([B])/C=C\CCC(=O)O. The van der Waals surface area contributed by atoms with Crippen LogP contribution >= 0.6 is 0 Å². The van der Waals surface area contributed by atoms with Gasteiger partial charge in [-0.25, -0.2) is 0 Å². The van der Waals surface area contributed by atoms with Crippen LogP contribution in [0.4, 0.5) is 0 Å². The first-order chi connectivity index (χ1) is 15.3. The quantitative estimate of drug-likeness (QED) is 0.340. The Kier molecular flexibility index (Phi) is 13.0. The van der Waals surface area contributed by atoms with E-state index in [2.05, 4.69) is 0 Å². The van der Waals surface area contributed by atoms with Crippen LogP contribution in [0, 0.1) is 0 Å². The predicted octanol–water partition coefficient (Wildman–Crippen LogP) is 1.86. The van der Waals surface area contributed by atoms with Gasteiger partial charge < -0.3 is 5.11 Å². The highest BCUT2D eigenvalue weighted by Gasteiger charge is 2.17. The minimum absolute atomic E-state index is 0.0444. The summed E-state index contributed by atoms with van der Waals surface area (Å²) in [6.45, 7) is 1.95. The molecule has 20 radical (unpaired) electrons. The van der Waals surface area contributed by atoms with Crippen LogP contribution in [0.3, 0.4) is 0 Å². The summed E-state index contributed by atoms with van der Waals surface area (Å²) in [6, 6.07) is 0. The first kappa shape index (κ1) is 32.6. The Labute approximate surface area is 219 Å². The molecule has 0 atom stereocenters. The number of hydrogen-bond donors (Lipinski definition) is 1. The highest BCUT2D eigenvalue weighted by atomic mass is 16.4. The van der Waals surface area contributed by atoms with Gasteiger partial charge in [0.15, 0.2) is 0 Å². The van der Waals surface area contributed by atoms with E-state index < -0.39 is 32.0 Å². The maximum Gasteiger partial charge on any atom is 0.303 e. The van der Waals surface area contributed by atoms with Crippen molar-refractivity contribution in [1.29, 1.82) is 0 Å². The summed E-state index contributed by atoms with van der Waals surface area (Å²) < 4.78 is 0. The largest absolute Gasteiger partial charge is 0.481 e. The lowest BCUT2D eigenvalue weighted by Crippen LogP contribution is -2.14. The number of allylic oxidation sites excluding steroid dienone is 12. The Balaban J connectivity index is 5.26. The molecule has 0 amide bonds. The second-order valence-electron chi connectivity index (χ2n) is 8.48. The van der Waals surface area contributed by atoms with Gasteiger partial charge in [0, 0.05) is 6.42 Å². The normalized spacial score (nSPS) is 15.1. The van der Waals surface area contributed by atoms with Crippen molar-refractivity contribution in [3.63, 3.8) is 0 Å². The molecule has 0 bridgehead atoms. The summed E-state index contributed by atoms with van der Waals surface area (Å²) in [7, 11) is 59.8. The molecule has 34 heavy (non-hydrogen) atoms. The number of carboxylic acid groups (broad SMARTS) is 1. The summed E-state index contributed by atoms with van der Waals surface area (Å²) in [5, 5.41) is 1.60. The molecule has 0 saturated heterocycles. The van der Waals surface area contributed by atoms with E-state index in [1.165, 1.54) is 54.7 Å². The Bertz CT molecular complexity index is 835. The molecule has 0 heterocycles. The number of carboxylic acids is 1. The van der Waals surface area contributed by atoms with E-state index in [9.17, 15) is 4.79 Å². The Hall–Kier alpha value is -1.44. The van der Waals surface area contributed by atoms with E-state index in [-0.39, 0.29) is 12.8 Å².